The van der Waals surface area contributed by atoms with Crippen molar-refractivity contribution in [1.82, 2.24) is 4.98 Å². The fourth-order valence-electron chi connectivity index (χ4n) is 4.92. The molecule has 0 aliphatic heterocycles. The first-order chi connectivity index (χ1) is 17.1. The Morgan fingerprint density at radius 3 is 2.51 bits per heavy atom. The number of benzene rings is 4. The summed E-state index contributed by atoms with van der Waals surface area (Å²) < 4.78 is 1.14. The van der Waals surface area contributed by atoms with E-state index in [0.717, 1.165) is 44.6 Å². The van der Waals surface area contributed by atoms with Gasteiger partial charge in [0.2, 0.25) is 0 Å². The summed E-state index contributed by atoms with van der Waals surface area (Å²) in [5.41, 5.74) is 7.85. The number of H-pyrrole nitrogens is 1. The Morgan fingerprint density at radius 2 is 1.69 bits per heavy atom. The number of amides is 1. The third kappa shape index (κ3) is 3.90. The summed E-state index contributed by atoms with van der Waals surface area (Å²) in [5.74, 6) is -0.0574. The smallest absolute Gasteiger partial charge is 0.266 e. The number of aryl methyl sites for hydroxylation is 2. The van der Waals surface area contributed by atoms with E-state index >= 15 is 0 Å². The molecular weight excluding hydrogens is 448 g/mol. The molecule has 2 heterocycles. The molecule has 2 aromatic heterocycles. The van der Waals surface area contributed by atoms with Crippen LogP contribution in [0.3, 0.4) is 0 Å². The van der Waals surface area contributed by atoms with Crippen molar-refractivity contribution in [2.24, 2.45) is 0 Å². The Bertz CT molecular complexity index is 1710. The van der Waals surface area contributed by atoms with Crippen LogP contribution in [0.5, 0.6) is 0 Å². The predicted molar refractivity (Wildman–Crippen MR) is 149 cm³/mol. The van der Waals surface area contributed by atoms with Gasteiger partial charge in [-0.2, -0.15) is 0 Å². The molecule has 35 heavy (non-hydrogen) atoms. The average molecular weight is 475 g/mol. The van der Waals surface area contributed by atoms with Crippen LogP contribution in [-0.2, 0) is 12.8 Å². The van der Waals surface area contributed by atoms with Gasteiger partial charge in [-0.25, -0.2) is 0 Å². The van der Waals surface area contributed by atoms with Gasteiger partial charge in [-0.05, 0) is 60.0 Å². The van der Waals surface area contributed by atoms with Gasteiger partial charge in [-0.3, -0.25) is 4.79 Å². The van der Waals surface area contributed by atoms with Crippen molar-refractivity contribution < 1.29 is 4.79 Å². The van der Waals surface area contributed by atoms with Crippen LogP contribution in [0.25, 0.3) is 31.9 Å². The predicted octanol–water partition coefficient (Wildman–Crippen LogP) is 8.25. The van der Waals surface area contributed by atoms with Crippen molar-refractivity contribution in [3.8, 4) is 0 Å². The third-order valence-corrected chi connectivity index (χ3v) is 7.98. The molecule has 0 aliphatic rings. The van der Waals surface area contributed by atoms with Gasteiger partial charge in [-0.1, -0.05) is 79.2 Å². The van der Waals surface area contributed by atoms with Crippen LogP contribution in [0, 0.1) is 6.92 Å². The summed E-state index contributed by atoms with van der Waals surface area (Å²) >= 11 is 1.57. The molecule has 0 saturated heterocycles. The molecule has 0 atom stereocenters. The standard InChI is InChI=1S/C31H26N2OS/c1-3-21-7-6-9-25-23-16-15-22(18-27(23)33-29(21)25)32-31(34)30-26(17-20-13-11-19(2)12-14-20)24-8-4-5-10-28(24)35-30/h4-16,18,33H,3,17H2,1-2H3,(H,32,34). The topological polar surface area (TPSA) is 44.9 Å². The lowest BCUT2D eigenvalue weighted by atomic mass is 10.0. The van der Waals surface area contributed by atoms with E-state index in [1.54, 1.807) is 11.3 Å². The number of carbonyl (C=O) groups excluding carboxylic acids is 1. The number of carbonyl (C=O) groups is 1. The Hall–Kier alpha value is -3.89. The molecule has 0 fully saturated rings. The molecule has 0 saturated carbocycles. The number of aromatic nitrogens is 1. The number of para-hydroxylation sites is 1. The highest BCUT2D eigenvalue weighted by Gasteiger charge is 2.19. The van der Waals surface area contributed by atoms with Crippen LogP contribution >= 0.6 is 11.3 Å². The molecule has 0 unspecified atom stereocenters. The summed E-state index contributed by atoms with van der Waals surface area (Å²) in [7, 11) is 0. The highest BCUT2D eigenvalue weighted by molar-refractivity contribution is 7.21. The van der Waals surface area contributed by atoms with Gasteiger partial charge in [0, 0.05) is 32.2 Å². The molecule has 172 valence electrons. The second kappa shape index (κ2) is 8.71. The molecule has 4 aromatic carbocycles. The Labute approximate surface area is 208 Å². The minimum atomic E-state index is -0.0574. The molecule has 0 bridgehead atoms. The van der Waals surface area contributed by atoms with Crippen LogP contribution in [0.4, 0.5) is 5.69 Å². The van der Waals surface area contributed by atoms with Crippen molar-refractivity contribution in [2.75, 3.05) is 5.32 Å². The van der Waals surface area contributed by atoms with E-state index in [4.69, 9.17) is 0 Å². The van der Waals surface area contributed by atoms with E-state index in [1.165, 1.54) is 33.0 Å². The van der Waals surface area contributed by atoms with Crippen molar-refractivity contribution in [2.45, 2.75) is 26.7 Å². The zero-order valence-corrected chi connectivity index (χ0v) is 20.6. The highest BCUT2D eigenvalue weighted by Crippen LogP contribution is 2.34. The average Bonchev–Trinajstić information content (AvgIpc) is 3.43. The molecule has 0 radical (unpaired) electrons. The normalized spacial score (nSPS) is 11.5. The Kier molecular flexibility index (Phi) is 5.39. The zero-order valence-electron chi connectivity index (χ0n) is 19.8. The fraction of sp³-hybridized carbons (Fsp3) is 0.129. The summed E-state index contributed by atoms with van der Waals surface area (Å²) in [5, 5.41) is 6.73. The van der Waals surface area contributed by atoms with E-state index in [-0.39, 0.29) is 5.91 Å². The van der Waals surface area contributed by atoms with Crippen LogP contribution < -0.4 is 5.32 Å². The summed E-state index contributed by atoms with van der Waals surface area (Å²) in [6.07, 6.45) is 1.71. The fourth-order valence-corrected chi connectivity index (χ4v) is 6.03. The molecule has 6 rings (SSSR count). The molecule has 6 aromatic rings. The second-order valence-corrected chi connectivity index (χ2v) is 10.2. The first kappa shape index (κ1) is 21.6. The number of hydrogen-bond donors (Lipinski definition) is 2. The van der Waals surface area contributed by atoms with Crippen molar-refractivity contribution >= 4 is 54.8 Å². The minimum absolute atomic E-state index is 0.0574. The first-order valence-electron chi connectivity index (χ1n) is 12.0. The lowest BCUT2D eigenvalue weighted by molar-refractivity contribution is 0.103. The monoisotopic (exact) mass is 474 g/mol. The Morgan fingerprint density at radius 1 is 0.886 bits per heavy atom. The lowest BCUT2D eigenvalue weighted by Gasteiger charge is -2.08. The van der Waals surface area contributed by atoms with E-state index in [1.807, 2.05) is 24.3 Å². The van der Waals surface area contributed by atoms with Gasteiger partial charge >= 0.3 is 0 Å². The number of hydrogen-bond acceptors (Lipinski definition) is 2. The highest BCUT2D eigenvalue weighted by atomic mass is 32.1. The number of fused-ring (bicyclic) bond motifs is 4. The SMILES string of the molecule is CCc1cccc2c1[nH]c1cc(NC(=O)c3sc4ccccc4c3Cc3ccc(C)cc3)ccc12. The van der Waals surface area contributed by atoms with Crippen molar-refractivity contribution in [1.29, 1.82) is 0 Å². The molecule has 0 aliphatic carbocycles. The molecular formula is C31H26N2OS. The van der Waals surface area contributed by atoms with Crippen LogP contribution in [-0.4, -0.2) is 10.9 Å². The van der Waals surface area contributed by atoms with Crippen LogP contribution in [0.1, 0.15) is 38.8 Å². The lowest BCUT2D eigenvalue weighted by Crippen LogP contribution is -2.12. The molecule has 1 amide bonds. The molecule has 0 spiro atoms. The van der Waals surface area contributed by atoms with Gasteiger partial charge in [-0.15, -0.1) is 11.3 Å². The minimum Gasteiger partial charge on any atom is -0.354 e. The van der Waals surface area contributed by atoms with Gasteiger partial charge < -0.3 is 10.3 Å². The molecule has 2 N–H and O–H groups in total. The maximum absolute atomic E-state index is 13.5. The number of rotatable bonds is 5. The zero-order chi connectivity index (χ0) is 23.9. The first-order valence-corrected chi connectivity index (χ1v) is 12.8. The van der Waals surface area contributed by atoms with Crippen LogP contribution in [0.2, 0.25) is 0 Å². The van der Waals surface area contributed by atoms with E-state index in [0.29, 0.717) is 0 Å². The van der Waals surface area contributed by atoms with Crippen molar-refractivity contribution in [3.63, 3.8) is 0 Å². The number of thiophene rings is 1. The summed E-state index contributed by atoms with van der Waals surface area (Å²) in [4.78, 5) is 17.9. The Balaban J connectivity index is 1.37. The maximum Gasteiger partial charge on any atom is 0.266 e. The van der Waals surface area contributed by atoms with Gasteiger partial charge in [0.15, 0.2) is 0 Å². The number of anilines is 1. The van der Waals surface area contributed by atoms with Gasteiger partial charge in [0.25, 0.3) is 5.91 Å². The summed E-state index contributed by atoms with van der Waals surface area (Å²) in [6, 6.07) is 29.4. The van der Waals surface area contributed by atoms with Gasteiger partial charge in [0.05, 0.1) is 4.88 Å². The maximum atomic E-state index is 13.5. The quantitative estimate of drug-likeness (QED) is 0.260. The second-order valence-electron chi connectivity index (χ2n) is 9.10. The van der Waals surface area contributed by atoms with E-state index < -0.39 is 0 Å². The number of aromatic amines is 1. The number of nitrogens with one attached hydrogen (secondary N) is 2. The largest absolute Gasteiger partial charge is 0.354 e. The molecule has 4 heteroatoms. The molecule has 3 nitrogen and oxygen atoms in total. The van der Waals surface area contributed by atoms with Crippen LogP contribution in [0.15, 0.2) is 84.9 Å². The third-order valence-electron chi connectivity index (χ3n) is 6.76. The van der Waals surface area contributed by atoms with E-state index in [9.17, 15) is 4.79 Å². The van der Waals surface area contributed by atoms with Crippen molar-refractivity contribution in [3.05, 3.63) is 112 Å². The van der Waals surface area contributed by atoms with Gasteiger partial charge in [0.1, 0.15) is 0 Å². The van der Waals surface area contributed by atoms with E-state index in [2.05, 4.69) is 84.8 Å². The summed E-state index contributed by atoms with van der Waals surface area (Å²) in [6.45, 7) is 4.26.